The van der Waals surface area contributed by atoms with Gasteiger partial charge in [-0.05, 0) is 38.3 Å². The van der Waals surface area contributed by atoms with E-state index in [1.54, 1.807) is 11.3 Å². The van der Waals surface area contributed by atoms with Crippen molar-refractivity contribution in [3.05, 3.63) is 20.8 Å². The summed E-state index contributed by atoms with van der Waals surface area (Å²) >= 11 is 7.91. The maximum Gasteiger partial charge on any atom is 0.0969 e. The number of likely N-dealkylation sites (tertiary alicyclic amines) is 1. The zero-order valence-electron chi connectivity index (χ0n) is 12.1. The van der Waals surface area contributed by atoms with Gasteiger partial charge in [0.25, 0.3) is 0 Å². The normalized spacial score (nSPS) is 32.3. The molecule has 0 bridgehead atoms. The summed E-state index contributed by atoms with van der Waals surface area (Å²) in [6.45, 7) is 6.60. The second kappa shape index (κ2) is 5.58. The lowest BCUT2D eigenvalue weighted by molar-refractivity contribution is -0.114. The van der Waals surface area contributed by atoms with Gasteiger partial charge in [-0.2, -0.15) is 0 Å². The van der Waals surface area contributed by atoms with Gasteiger partial charge in [0.15, 0.2) is 0 Å². The van der Waals surface area contributed by atoms with Crippen molar-refractivity contribution in [3.8, 4) is 0 Å². The summed E-state index contributed by atoms with van der Waals surface area (Å²) in [4.78, 5) is 3.76. The van der Waals surface area contributed by atoms with Crippen molar-refractivity contribution >= 4 is 22.9 Å². The Balaban J connectivity index is 1.82. The third-order valence-corrected chi connectivity index (χ3v) is 5.85. The molecule has 5 heteroatoms. The number of halogens is 1. The molecule has 3 atom stereocenters. The van der Waals surface area contributed by atoms with Crippen molar-refractivity contribution in [2.24, 2.45) is 0 Å². The molecule has 1 spiro atoms. The van der Waals surface area contributed by atoms with Crippen LogP contribution in [0.1, 0.15) is 37.1 Å². The fourth-order valence-electron chi connectivity index (χ4n) is 3.62. The molecule has 1 N–H and O–H groups in total. The van der Waals surface area contributed by atoms with Gasteiger partial charge in [-0.25, -0.2) is 0 Å². The van der Waals surface area contributed by atoms with Crippen molar-refractivity contribution in [2.45, 2.75) is 50.9 Å². The molecule has 1 fully saturated rings. The predicted molar refractivity (Wildman–Crippen MR) is 82.6 cm³/mol. The van der Waals surface area contributed by atoms with Gasteiger partial charge >= 0.3 is 0 Å². The highest BCUT2D eigenvalue weighted by atomic mass is 35.5. The van der Waals surface area contributed by atoms with E-state index in [-0.39, 0.29) is 11.7 Å². The summed E-state index contributed by atoms with van der Waals surface area (Å²) in [5.41, 5.74) is 1.17. The van der Waals surface area contributed by atoms with E-state index in [9.17, 15) is 5.11 Å². The monoisotopic (exact) mass is 315 g/mol. The molecular formula is C15H22ClNO2S. The molecule has 0 aliphatic carbocycles. The van der Waals surface area contributed by atoms with Gasteiger partial charge in [0.05, 0.1) is 22.6 Å². The summed E-state index contributed by atoms with van der Waals surface area (Å²) in [6.07, 6.45) is 2.69. The van der Waals surface area contributed by atoms with E-state index in [0.717, 1.165) is 43.3 Å². The molecule has 3 rings (SSSR count). The van der Waals surface area contributed by atoms with E-state index < -0.39 is 0 Å². The summed E-state index contributed by atoms with van der Waals surface area (Å²) in [7, 11) is 0. The Morgan fingerprint density at radius 2 is 2.45 bits per heavy atom. The lowest BCUT2D eigenvalue weighted by Gasteiger charge is -2.47. The number of β-amino-alcohol motifs (C(OH)–C–C–N with tert-alkyl or cyclic N) is 1. The maximum atomic E-state index is 9.60. The molecule has 1 aromatic heterocycles. The predicted octanol–water partition coefficient (Wildman–Crippen LogP) is 3.03. The minimum atomic E-state index is -0.273. The van der Waals surface area contributed by atoms with Crippen LogP contribution in [0.5, 0.6) is 0 Å². The van der Waals surface area contributed by atoms with Crippen LogP contribution in [-0.2, 0) is 16.8 Å². The Morgan fingerprint density at radius 1 is 1.65 bits per heavy atom. The molecule has 3 heterocycles. The van der Waals surface area contributed by atoms with Crippen molar-refractivity contribution in [1.82, 2.24) is 4.90 Å². The minimum absolute atomic E-state index is 0.147. The molecule has 20 heavy (non-hydrogen) atoms. The molecule has 2 aliphatic heterocycles. The molecular weight excluding hydrogens is 294 g/mol. The zero-order chi connectivity index (χ0) is 14.3. The molecule has 0 amide bonds. The molecule has 0 saturated carbocycles. The highest BCUT2D eigenvalue weighted by molar-refractivity contribution is 7.16. The second-order valence-electron chi connectivity index (χ2n) is 6.13. The lowest BCUT2D eigenvalue weighted by atomic mass is 9.79. The van der Waals surface area contributed by atoms with Crippen molar-refractivity contribution in [1.29, 1.82) is 0 Å². The second-order valence-corrected chi connectivity index (χ2v) is 7.90. The van der Waals surface area contributed by atoms with Crippen LogP contribution in [-0.4, -0.2) is 41.8 Å². The van der Waals surface area contributed by atoms with Crippen LogP contribution in [0, 0.1) is 0 Å². The Morgan fingerprint density at radius 3 is 3.15 bits per heavy atom. The zero-order valence-corrected chi connectivity index (χ0v) is 13.6. The van der Waals surface area contributed by atoms with Crippen LogP contribution >= 0.6 is 22.9 Å². The fourth-order valence-corrected chi connectivity index (χ4v) is 4.96. The van der Waals surface area contributed by atoms with Crippen molar-refractivity contribution in [3.63, 3.8) is 0 Å². The number of nitrogens with zero attached hydrogens (tertiary/aromatic N) is 1. The number of hydrogen-bond donors (Lipinski definition) is 1. The number of rotatable bonds is 2. The first kappa shape index (κ1) is 14.8. The SMILES string of the molecule is C[C@H](O)CN1CC[C@]2(C[C@@H]1C)OCCc1sc(Cl)cc12. The molecule has 0 unspecified atom stereocenters. The molecule has 0 radical (unpaired) electrons. The first-order chi connectivity index (χ1) is 9.50. The van der Waals surface area contributed by atoms with E-state index in [2.05, 4.69) is 17.9 Å². The van der Waals surface area contributed by atoms with Gasteiger partial charge in [-0.1, -0.05) is 11.6 Å². The number of thiophene rings is 1. The van der Waals surface area contributed by atoms with Crippen LogP contribution in [0.25, 0.3) is 0 Å². The van der Waals surface area contributed by atoms with Crippen LogP contribution in [0.2, 0.25) is 4.34 Å². The summed E-state index contributed by atoms with van der Waals surface area (Å²) in [5.74, 6) is 0. The highest BCUT2D eigenvalue weighted by Crippen LogP contribution is 2.46. The number of aliphatic hydroxyl groups is 1. The molecule has 1 aromatic rings. The Bertz CT molecular complexity index is 490. The number of fused-ring (bicyclic) bond motifs is 2. The van der Waals surface area contributed by atoms with E-state index in [4.69, 9.17) is 16.3 Å². The molecule has 3 nitrogen and oxygen atoms in total. The molecule has 2 aliphatic rings. The van der Waals surface area contributed by atoms with Gasteiger partial charge in [-0.15, -0.1) is 11.3 Å². The summed E-state index contributed by atoms with van der Waals surface area (Å²) in [6, 6.07) is 2.53. The standard InChI is InChI=1S/C15H22ClNO2S/c1-10-8-15(4-5-17(10)9-11(2)18)12-7-14(16)20-13(12)3-6-19-15/h7,10-11,18H,3-6,8-9H2,1-2H3/t10-,11-,15+/m0/s1. The quantitative estimate of drug-likeness (QED) is 0.910. The number of hydrogen-bond acceptors (Lipinski definition) is 4. The molecule has 112 valence electrons. The largest absolute Gasteiger partial charge is 0.392 e. The first-order valence-electron chi connectivity index (χ1n) is 7.35. The Labute approximate surface area is 129 Å². The Kier molecular flexibility index (Phi) is 4.13. The van der Waals surface area contributed by atoms with E-state index >= 15 is 0 Å². The minimum Gasteiger partial charge on any atom is -0.392 e. The van der Waals surface area contributed by atoms with Crippen LogP contribution in [0.4, 0.5) is 0 Å². The Hall–Kier alpha value is -0.130. The van der Waals surface area contributed by atoms with Crippen LogP contribution < -0.4 is 0 Å². The number of aliphatic hydroxyl groups excluding tert-OH is 1. The van der Waals surface area contributed by atoms with Gasteiger partial charge < -0.3 is 9.84 Å². The summed E-state index contributed by atoms with van der Waals surface area (Å²) < 4.78 is 7.10. The lowest BCUT2D eigenvalue weighted by Crippen LogP contribution is -2.51. The van der Waals surface area contributed by atoms with Crippen molar-refractivity contribution < 1.29 is 9.84 Å². The number of ether oxygens (including phenoxy) is 1. The fraction of sp³-hybridized carbons (Fsp3) is 0.733. The van der Waals surface area contributed by atoms with Crippen LogP contribution in [0.15, 0.2) is 6.07 Å². The molecule has 1 saturated heterocycles. The van der Waals surface area contributed by atoms with Crippen LogP contribution in [0.3, 0.4) is 0 Å². The maximum absolute atomic E-state index is 9.60. The summed E-state index contributed by atoms with van der Waals surface area (Å²) in [5, 5.41) is 9.60. The topological polar surface area (TPSA) is 32.7 Å². The van der Waals surface area contributed by atoms with E-state index in [1.165, 1.54) is 10.4 Å². The number of piperidine rings is 1. The van der Waals surface area contributed by atoms with Crippen molar-refractivity contribution in [2.75, 3.05) is 19.7 Å². The van der Waals surface area contributed by atoms with Gasteiger partial charge in [0, 0.05) is 30.4 Å². The van der Waals surface area contributed by atoms with Gasteiger partial charge in [0.2, 0.25) is 0 Å². The van der Waals surface area contributed by atoms with Gasteiger partial charge in [-0.3, -0.25) is 4.90 Å². The smallest absolute Gasteiger partial charge is 0.0969 e. The first-order valence-corrected chi connectivity index (χ1v) is 8.54. The third kappa shape index (κ3) is 2.64. The highest BCUT2D eigenvalue weighted by Gasteiger charge is 2.44. The van der Waals surface area contributed by atoms with Gasteiger partial charge in [0.1, 0.15) is 0 Å². The van der Waals surface area contributed by atoms with E-state index in [0.29, 0.717) is 6.04 Å². The third-order valence-electron chi connectivity index (χ3n) is 4.53. The van der Waals surface area contributed by atoms with E-state index in [1.807, 2.05) is 6.92 Å². The average molecular weight is 316 g/mol. The molecule has 0 aromatic carbocycles. The average Bonchev–Trinajstić information content (AvgIpc) is 2.75.